The van der Waals surface area contributed by atoms with E-state index in [4.69, 9.17) is 0 Å². The van der Waals surface area contributed by atoms with Crippen LogP contribution < -0.4 is 0 Å². The van der Waals surface area contributed by atoms with Gasteiger partial charge in [0.15, 0.2) is 0 Å². The summed E-state index contributed by atoms with van der Waals surface area (Å²) in [6, 6.07) is 28.4. The first-order valence-corrected chi connectivity index (χ1v) is 9.59. The molecule has 0 aromatic heterocycles. The Morgan fingerprint density at radius 2 is 1.24 bits per heavy atom. The maximum Gasteiger partial charge on any atom is 0.134 e. The lowest BCUT2D eigenvalue weighted by atomic mass is 9.88. The van der Waals surface area contributed by atoms with Crippen molar-refractivity contribution in [3.8, 4) is 11.1 Å². The molecule has 4 aromatic carbocycles. The van der Waals surface area contributed by atoms with Gasteiger partial charge in [-0.2, -0.15) is 0 Å². The van der Waals surface area contributed by atoms with Crippen LogP contribution in [0.3, 0.4) is 0 Å². The fourth-order valence-corrected chi connectivity index (χ4v) is 4.15. The van der Waals surface area contributed by atoms with E-state index in [9.17, 15) is 4.39 Å². The lowest BCUT2D eigenvalue weighted by molar-refractivity contribution is 0.582. The number of rotatable bonds is 2. The second kappa shape index (κ2) is 6.82. The molecule has 29 heavy (non-hydrogen) atoms. The Hall–Kier alpha value is -3.52. The summed E-state index contributed by atoms with van der Waals surface area (Å²) in [6.07, 6.45) is 0. The van der Waals surface area contributed by atoms with Gasteiger partial charge in [0.2, 0.25) is 0 Å². The van der Waals surface area contributed by atoms with Crippen LogP contribution in [0.1, 0.15) is 27.8 Å². The van der Waals surface area contributed by atoms with Crippen LogP contribution in [0.5, 0.6) is 0 Å². The third-order valence-electron chi connectivity index (χ3n) is 5.44. The van der Waals surface area contributed by atoms with Crippen LogP contribution in [0.15, 0.2) is 91.0 Å². The molecule has 0 saturated carbocycles. The molecule has 0 spiro atoms. The highest BCUT2D eigenvalue weighted by atomic mass is 19.1. The predicted octanol–water partition coefficient (Wildman–Crippen LogP) is 7.26. The minimum absolute atomic E-state index is 0.465. The quantitative estimate of drug-likeness (QED) is 0.302. The van der Waals surface area contributed by atoms with Crippen molar-refractivity contribution in [3.05, 3.63) is 130 Å². The monoisotopic (exact) mass is 380 g/mol. The van der Waals surface area contributed by atoms with Gasteiger partial charge in [-0.25, -0.2) is 8.78 Å². The van der Waals surface area contributed by atoms with Crippen molar-refractivity contribution >= 4 is 11.1 Å². The molecule has 0 heterocycles. The lowest BCUT2D eigenvalue weighted by Gasteiger charge is -2.16. The summed E-state index contributed by atoms with van der Waals surface area (Å²) in [5.74, 6) is -1.10. The second-order valence-corrected chi connectivity index (χ2v) is 7.34. The van der Waals surface area contributed by atoms with Crippen LogP contribution in [0.4, 0.5) is 8.78 Å². The van der Waals surface area contributed by atoms with Crippen molar-refractivity contribution in [3.63, 3.8) is 0 Å². The molecule has 0 atom stereocenters. The third kappa shape index (κ3) is 2.89. The van der Waals surface area contributed by atoms with Gasteiger partial charge in [-0.15, -0.1) is 0 Å². The smallest absolute Gasteiger partial charge is 0.134 e. The van der Waals surface area contributed by atoms with Gasteiger partial charge in [-0.05, 0) is 46.4 Å². The highest BCUT2D eigenvalue weighted by Gasteiger charge is 2.30. The van der Waals surface area contributed by atoms with Crippen LogP contribution in [0.25, 0.3) is 22.3 Å². The molecule has 4 aromatic rings. The fourth-order valence-electron chi connectivity index (χ4n) is 4.15. The summed E-state index contributed by atoms with van der Waals surface area (Å²) in [7, 11) is 0. The van der Waals surface area contributed by atoms with E-state index in [1.807, 2.05) is 61.5 Å². The largest absolute Gasteiger partial charge is 0.207 e. The number of hydrogen-bond donors (Lipinski definition) is 0. The van der Waals surface area contributed by atoms with Crippen LogP contribution in [0.2, 0.25) is 0 Å². The summed E-state index contributed by atoms with van der Waals surface area (Å²) in [6.45, 7) is 2.04. The molecule has 0 unspecified atom stereocenters. The standard InChI is InChI=1S/C27H18F2/c1-17-11-13-19(14-12-17)25(18-7-3-2-4-8-18)27-22-10-6-5-9-21(22)23-15-20(28)16-24(29)26(23)27/h2-16H,1H3/b27-25-. The summed E-state index contributed by atoms with van der Waals surface area (Å²) >= 11 is 0. The fraction of sp³-hybridized carbons (Fsp3) is 0.0370. The Balaban J connectivity index is 1.94. The average Bonchev–Trinajstić information content (AvgIpc) is 3.05. The molecule has 0 nitrogen and oxygen atoms in total. The summed E-state index contributed by atoms with van der Waals surface area (Å²) in [5.41, 5.74) is 7.77. The molecule has 0 saturated heterocycles. The van der Waals surface area contributed by atoms with Crippen LogP contribution >= 0.6 is 0 Å². The van der Waals surface area contributed by atoms with Crippen LogP contribution in [-0.2, 0) is 0 Å². The molecule has 140 valence electrons. The van der Waals surface area contributed by atoms with E-state index in [1.165, 1.54) is 6.07 Å². The van der Waals surface area contributed by atoms with Crippen LogP contribution in [0, 0.1) is 18.6 Å². The second-order valence-electron chi connectivity index (χ2n) is 7.34. The van der Waals surface area contributed by atoms with Crippen molar-refractivity contribution in [2.45, 2.75) is 6.92 Å². The minimum Gasteiger partial charge on any atom is -0.207 e. The molecule has 0 N–H and O–H groups in total. The van der Waals surface area contributed by atoms with E-state index in [1.54, 1.807) is 0 Å². The van der Waals surface area contributed by atoms with E-state index in [2.05, 4.69) is 24.3 Å². The predicted molar refractivity (Wildman–Crippen MR) is 114 cm³/mol. The molecule has 0 radical (unpaired) electrons. The average molecular weight is 380 g/mol. The Kier molecular flexibility index (Phi) is 4.13. The van der Waals surface area contributed by atoms with Gasteiger partial charge in [0.25, 0.3) is 0 Å². The normalized spacial score (nSPS) is 13.8. The molecular formula is C27H18F2. The molecule has 0 fully saturated rings. The van der Waals surface area contributed by atoms with Gasteiger partial charge >= 0.3 is 0 Å². The zero-order valence-corrected chi connectivity index (χ0v) is 15.9. The van der Waals surface area contributed by atoms with Gasteiger partial charge in [-0.1, -0.05) is 84.4 Å². The summed E-state index contributed by atoms with van der Waals surface area (Å²) in [4.78, 5) is 0. The van der Waals surface area contributed by atoms with Crippen molar-refractivity contribution in [1.82, 2.24) is 0 Å². The first kappa shape index (κ1) is 17.6. The third-order valence-corrected chi connectivity index (χ3v) is 5.44. The number of halogens is 2. The maximum absolute atomic E-state index is 15.1. The highest BCUT2D eigenvalue weighted by molar-refractivity contribution is 6.13. The molecule has 5 rings (SSSR count). The maximum atomic E-state index is 15.1. The highest BCUT2D eigenvalue weighted by Crippen LogP contribution is 2.50. The van der Waals surface area contributed by atoms with Crippen molar-refractivity contribution in [2.75, 3.05) is 0 Å². The van der Waals surface area contributed by atoms with E-state index >= 15 is 4.39 Å². The van der Waals surface area contributed by atoms with E-state index in [0.717, 1.165) is 45.0 Å². The van der Waals surface area contributed by atoms with Gasteiger partial charge in [0.1, 0.15) is 11.6 Å². The Morgan fingerprint density at radius 3 is 1.97 bits per heavy atom. The van der Waals surface area contributed by atoms with Gasteiger partial charge in [0, 0.05) is 17.2 Å². The molecule has 0 amide bonds. The summed E-state index contributed by atoms with van der Waals surface area (Å²) < 4.78 is 29.2. The van der Waals surface area contributed by atoms with E-state index in [0.29, 0.717) is 11.1 Å². The van der Waals surface area contributed by atoms with Crippen molar-refractivity contribution < 1.29 is 8.78 Å². The Morgan fingerprint density at radius 1 is 0.621 bits per heavy atom. The van der Waals surface area contributed by atoms with Gasteiger partial charge < -0.3 is 0 Å². The first-order chi connectivity index (χ1) is 14.1. The zero-order valence-electron chi connectivity index (χ0n) is 15.9. The first-order valence-electron chi connectivity index (χ1n) is 9.59. The number of hydrogen-bond acceptors (Lipinski definition) is 0. The van der Waals surface area contributed by atoms with E-state index in [-0.39, 0.29) is 0 Å². The van der Waals surface area contributed by atoms with Gasteiger partial charge in [0.05, 0.1) is 0 Å². The number of fused-ring (bicyclic) bond motifs is 3. The lowest BCUT2D eigenvalue weighted by Crippen LogP contribution is -1.97. The Labute approximate surface area is 168 Å². The molecule has 0 bridgehead atoms. The van der Waals surface area contributed by atoms with Gasteiger partial charge in [-0.3, -0.25) is 0 Å². The SMILES string of the molecule is Cc1ccc(/C(=C2/c3ccccc3-c3cc(F)cc(F)c32)c2ccccc2)cc1. The molecule has 2 heteroatoms. The number of benzene rings is 4. The Bertz CT molecular complexity index is 1250. The zero-order chi connectivity index (χ0) is 20.0. The molecule has 0 aliphatic heterocycles. The minimum atomic E-state index is -0.561. The topological polar surface area (TPSA) is 0 Å². The van der Waals surface area contributed by atoms with Crippen molar-refractivity contribution in [2.24, 2.45) is 0 Å². The molecule has 1 aliphatic carbocycles. The van der Waals surface area contributed by atoms with E-state index < -0.39 is 11.6 Å². The molecule has 1 aliphatic rings. The van der Waals surface area contributed by atoms with Crippen LogP contribution in [-0.4, -0.2) is 0 Å². The number of aryl methyl sites for hydroxylation is 1. The van der Waals surface area contributed by atoms with Crippen molar-refractivity contribution in [1.29, 1.82) is 0 Å². The molecular weight excluding hydrogens is 362 g/mol. The summed E-state index contributed by atoms with van der Waals surface area (Å²) in [5, 5.41) is 0.